The molecule has 0 spiro atoms. The van der Waals surface area contributed by atoms with Gasteiger partial charge in [-0.25, -0.2) is 4.79 Å². The van der Waals surface area contributed by atoms with Gasteiger partial charge in [0.05, 0.1) is 13.2 Å². The van der Waals surface area contributed by atoms with Gasteiger partial charge in [-0.05, 0) is 47.9 Å². The lowest BCUT2D eigenvalue weighted by Crippen LogP contribution is -2.49. The van der Waals surface area contributed by atoms with Crippen molar-refractivity contribution in [1.29, 1.82) is 0 Å². The molecule has 0 unspecified atom stereocenters. The average molecular weight is 405 g/mol. The zero-order valence-corrected chi connectivity index (χ0v) is 16.7. The Morgan fingerprint density at radius 2 is 1.90 bits per heavy atom. The van der Waals surface area contributed by atoms with Crippen molar-refractivity contribution < 1.29 is 24.1 Å². The van der Waals surface area contributed by atoms with Gasteiger partial charge < -0.3 is 19.3 Å². The van der Waals surface area contributed by atoms with Crippen LogP contribution >= 0.6 is 0 Å². The molecule has 154 valence electrons. The van der Waals surface area contributed by atoms with Crippen LogP contribution in [0.25, 0.3) is 11.1 Å². The van der Waals surface area contributed by atoms with Crippen molar-refractivity contribution in [2.75, 3.05) is 19.8 Å². The molecule has 0 bridgehead atoms. The van der Waals surface area contributed by atoms with Crippen molar-refractivity contribution in [2.24, 2.45) is 0 Å². The van der Waals surface area contributed by atoms with E-state index in [1.807, 2.05) is 55.6 Å². The van der Waals surface area contributed by atoms with Gasteiger partial charge in [0.2, 0.25) is 0 Å². The van der Waals surface area contributed by atoms with Gasteiger partial charge in [-0.3, -0.25) is 4.98 Å². The van der Waals surface area contributed by atoms with Crippen molar-refractivity contribution >= 4 is 5.97 Å². The topological polar surface area (TPSA) is 77.9 Å². The number of aliphatic carboxylic acids is 1. The lowest BCUT2D eigenvalue weighted by molar-refractivity contribution is -0.220. The second-order valence-electron chi connectivity index (χ2n) is 7.37. The molecule has 6 heteroatoms. The zero-order valence-electron chi connectivity index (χ0n) is 16.7. The largest absolute Gasteiger partial charge is 0.489 e. The Balaban J connectivity index is 1.40. The summed E-state index contributed by atoms with van der Waals surface area (Å²) in [5.74, 6) is -0.264. The Labute approximate surface area is 175 Å². The molecule has 30 heavy (non-hydrogen) atoms. The molecule has 4 rings (SSSR count). The van der Waals surface area contributed by atoms with E-state index in [9.17, 15) is 4.79 Å². The number of aryl methyl sites for hydroxylation is 1. The summed E-state index contributed by atoms with van der Waals surface area (Å²) in [5.41, 5.74) is 4.42. The smallest absolute Gasteiger partial charge is 0.329 e. The number of hydrogen-bond acceptors (Lipinski definition) is 5. The van der Waals surface area contributed by atoms with Crippen LogP contribution in [-0.2, 0) is 26.5 Å². The van der Waals surface area contributed by atoms with Crippen LogP contribution in [0.1, 0.15) is 16.8 Å². The number of hydrogen-bond donors (Lipinski definition) is 1. The number of carboxylic acid groups (broad SMARTS) is 1. The van der Waals surface area contributed by atoms with Crippen LogP contribution in [0.3, 0.4) is 0 Å². The summed E-state index contributed by atoms with van der Waals surface area (Å²) in [6, 6.07) is 19.8. The second-order valence-corrected chi connectivity index (χ2v) is 7.37. The van der Waals surface area contributed by atoms with E-state index in [2.05, 4.69) is 23.2 Å². The Kier molecular flexibility index (Phi) is 5.79. The van der Waals surface area contributed by atoms with E-state index in [0.29, 0.717) is 19.8 Å². The van der Waals surface area contributed by atoms with Gasteiger partial charge in [-0.1, -0.05) is 36.4 Å². The molecule has 0 saturated carbocycles. The van der Waals surface area contributed by atoms with Crippen LogP contribution in [0.5, 0.6) is 5.75 Å². The Hall–Kier alpha value is -3.22. The highest BCUT2D eigenvalue weighted by Crippen LogP contribution is 2.34. The summed E-state index contributed by atoms with van der Waals surface area (Å²) in [4.78, 5) is 15.2. The summed E-state index contributed by atoms with van der Waals surface area (Å²) in [6.45, 7) is 2.75. The van der Waals surface area contributed by atoms with E-state index in [4.69, 9.17) is 19.3 Å². The Morgan fingerprint density at radius 1 is 1.10 bits per heavy atom. The maximum atomic E-state index is 10.8. The monoisotopic (exact) mass is 405 g/mol. The molecule has 1 fully saturated rings. The predicted molar refractivity (Wildman–Crippen MR) is 111 cm³/mol. The van der Waals surface area contributed by atoms with Crippen molar-refractivity contribution in [1.82, 2.24) is 4.98 Å². The highest BCUT2D eigenvalue weighted by atomic mass is 16.6. The number of aromatic nitrogens is 1. The molecule has 0 aliphatic carbocycles. The number of carboxylic acids is 1. The van der Waals surface area contributed by atoms with Crippen molar-refractivity contribution in [3.8, 4) is 16.9 Å². The molecule has 0 amide bonds. The van der Waals surface area contributed by atoms with Crippen LogP contribution in [0.4, 0.5) is 0 Å². The number of ether oxygens (including phenoxy) is 3. The fourth-order valence-electron chi connectivity index (χ4n) is 3.32. The fraction of sp³-hybridized carbons (Fsp3) is 0.250. The molecule has 2 aromatic carbocycles. The molecule has 1 saturated heterocycles. The maximum absolute atomic E-state index is 10.8. The summed E-state index contributed by atoms with van der Waals surface area (Å²) in [6.07, 6.45) is 1.88. The number of nitrogens with zero attached hydrogens (tertiary/aromatic N) is 1. The normalized spacial score (nSPS) is 14.7. The number of carbonyl (C=O) groups is 1. The zero-order chi connectivity index (χ0) is 21.0. The molecule has 0 atom stereocenters. The van der Waals surface area contributed by atoms with E-state index < -0.39 is 11.6 Å². The summed E-state index contributed by atoms with van der Waals surface area (Å²) in [5, 5.41) is 8.88. The van der Waals surface area contributed by atoms with Crippen LogP contribution in [-0.4, -0.2) is 35.9 Å². The molecule has 6 nitrogen and oxygen atoms in total. The maximum Gasteiger partial charge on any atom is 0.329 e. The predicted octanol–water partition coefficient (Wildman–Crippen LogP) is 3.96. The lowest BCUT2D eigenvalue weighted by atomic mass is 9.91. The molecular weight excluding hydrogens is 382 g/mol. The van der Waals surface area contributed by atoms with E-state index >= 15 is 0 Å². The lowest BCUT2D eigenvalue weighted by Gasteiger charge is -2.41. The van der Waals surface area contributed by atoms with Gasteiger partial charge in [0.15, 0.2) is 0 Å². The third-order valence-electron chi connectivity index (χ3n) is 5.10. The Bertz CT molecular complexity index is 1010. The average Bonchev–Trinajstić information content (AvgIpc) is 2.73. The Morgan fingerprint density at radius 3 is 2.53 bits per heavy atom. The summed E-state index contributed by atoms with van der Waals surface area (Å²) >= 11 is 0. The minimum atomic E-state index is -0.995. The van der Waals surface area contributed by atoms with Gasteiger partial charge >= 0.3 is 5.97 Å². The van der Waals surface area contributed by atoms with E-state index in [1.54, 1.807) is 0 Å². The van der Waals surface area contributed by atoms with E-state index in [0.717, 1.165) is 33.7 Å². The molecule has 1 aliphatic rings. The molecule has 1 N–H and O–H groups in total. The number of rotatable bonds is 8. The highest BCUT2D eigenvalue weighted by molar-refractivity contribution is 5.68. The van der Waals surface area contributed by atoms with E-state index in [1.165, 1.54) is 0 Å². The van der Waals surface area contributed by atoms with Crippen molar-refractivity contribution in [3.63, 3.8) is 0 Å². The minimum Gasteiger partial charge on any atom is -0.489 e. The van der Waals surface area contributed by atoms with Gasteiger partial charge in [0, 0.05) is 17.5 Å². The quantitative estimate of drug-likeness (QED) is 0.611. The molecular formula is C24H23NO5. The molecule has 0 radical (unpaired) electrons. The van der Waals surface area contributed by atoms with Gasteiger partial charge in [-0.15, -0.1) is 0 Å². The summed E-state index contributed by atoms with van der Waals surface area (Å²) in [7, 11) is 0. The molecule has 3 aromatic rings. The van der Waals surface area contributed by atoms with Gasteiger partial charge in [0.1, 0.15) is 24.6 Å². The standard InChI is InChI=1S/C24H23NO5/c1-17-5-6-20(12-25-17)19-4-2-3-18(11-19)13-29-22-9-7-21(8-10-22)24(15-28-16-24)30-14-23(26)27/h2-12H,13-16H2,1H3,(H,26,27). The van der Waals surface area contributed by atoms with Gasteiger partial charge in [-0.2, -0.15) is 0 Å². The summed E-state index contributed by atoms with van der Waals surface area (Å²) < 4.78 is 16.8. The minimum absolute atomic E-state index is 0.348. The van der Waals surface area contributed by atoms with Gasteiger partial charge in [0.25, 0.3) is 0 Å². The first-order valence-electron chi connectivity index (χ1n) is 9.73. The first kappa shape index (κ1) is 20.1. The van der Waals surface area contributed by atoms with Crippen LogP contribution in [0.15, 0.2) is 66.9 Å². The number of pyridine rings is 1. The molecule has 1 aromatic heterocycles. The van der Waals surface area contributed by atoms with Crippen LogP contribution in [0.2, 0.25) is 0 Å². The third-order valence-corrected chi connectivity index (χ3v) is 5.10. The first-order chi connectivity index (χ1) is 14.5. The SMILES string of the molecule is Cc1ccc(-c2cccc(COc3ccc(C4(OCC(=O)O)COC4)cc3)c2)cn1. The second kappa shape index (κ2) is 8.65. The van der Waals surface area contributed by atoms with Crippen LogP contribution in [0, 0.1) is 6.92 Å². The molecule has 2 heterocycles. The third kappa shape index (κ3) is 4.50. The molecule has 1 aliphatic heterocycles. The fourth-order valence-corrected chi connectivity index (χ4v) is 3.32. The highest BCUT2D eigenvalue weighted by Gasteiger charge is 2.42. The van der Waals surface area contributed by atoms with Crippen molar-refractivity contribution in [2.45, 2.75) is 19.1 Å². The van der Waals surface area contributed by atoms with Crippen LogP contribution < -0.4 is 4.74 Å². The van der Waals surface area contributed by atoms with E-state index in [-0.39, 0.29) is 6.61 Å². The van der Waals surface area contributed by atoms with Crippen molar-refractivity contribution in [3.05, 3.63) is 83.7 Å². The first-order valence-corrected chi connectivity index (χ1v) is 9.73. The number of benzene rings is 2.